The molecule has 2 heterocycles. The third kappa shape index (κ3) is 1.93. The van der Waals surface area contributed by atoms with Crippen LogP contribution in [0.5, 0.6) is 11.5 Å². The lowest BCUT2D eigenvalue weighted by Gasteiger charge is -2.24. The van der Waals surface area contributed by atoms with Crippen molar-refractivity contribution in [3.8, 4) is 11.5 Å². The molecule has 0 aromatic heterocycles. The molecule has 5 nitrogen and oxygen atoms in total. The molecule has 0 radical (unpaired) electrons. The monoisotopic (exact) mass is 264 g/mol. The topological polar surface area (TPSA) is 79.0 Å². The highest BCUT2D eigenvalue weighted by atomic mass is 16.5. The summed E-state index contributed by atoms with van der Waals surface area (Å²) in [6.07, 6.45) is 1.85. The minimum atomic E-state index is -0.937. The van der Waals surface area contributed by atoms with Gasteiger partial charge in [-0.2, -0.15) is 0 Å². The molecule has 1 atom stereocenters. The zero-order valence-electron chi connectivity index (χ0n) is 11.1. The predicted molar refractivity (Wildman–Crippen MR) is 72.9 cm³/mol. The average Bonchev–Trinajstić information content (AvgIpc) is 2.64. The first kappa shape index (κ1) is 12.6. The van der Waals surface area contributed by atoms with E-state index in [9.17, 15) is 10.2 Å². The van der Waals surface area contributed by atoms with Crippen LogP contribution in [0, 0.1) is 0 Å². The first-order valence-corrected chi connectivity index (χ1v) is 6.68. The van der Waals surface area contributed by atoms with Crippen LogP contribution in [0.25, 0.3) is 0 Å². The highest BCUT2D eigenvalue weighted by molar-refractivity contribution is 5.69. The molecule has 0 saturated heterocycles. The van der Waals surface area contributed by atoms with Gasteiger partial charge in [0.25, 0.3) is 0 Å². The summed E-state index contributed by atoms with van der Waals surface area (Å²) in [6, 6.07) is 1.76. The van der Waals surface area contributed by atoms with Gasteiger partial charge in [-0.1, -0.05) is 0 Å². The first-order chi connectivity index (χ1) is 9.04. The second-order valence-electron chi connectivity index (χ2n) is 5.58. The molecule has 0 fully saturated rings. The van der Waals surface area contributed by atoms with Crippen LogP contribution in [0.3, 0.4) is 0 Å². The van der Waals surface area contributed by atoms with Crippen LogP contribution < -0.4 is 15.4 Å². The molecule has 1 aromatic carbocycles. The molecule has 5 heteroatoms. The van der Waals surface area contributed by atoms with E-state index in [0.29, 0.717) is 25.2 Å². The highest BCUT2D eigenvalue weighted by Crippen LogP contribution is 2.44. The van der Waals surface area contributed by atoms with Crippen molar-refractivity contribution in [2.45, 2.75) is 24.9 Å². The average molecular weight is 264 g/mol. The van der Waals surface area contributed by atoms with E-state index in [1.54, 1.807) is 6.07 Å². The van der Waals surface area contributed by atoms with Gasteiger partial charge in [0, 0.05) is 50.3 Å². The summed E-state index contributed by atoms with van der Waals surface area (Å²) in [5, 5.41) is 20.6. The van der Waals surface area contributed by atoms with Gasteiger partial charge in [-0.15, -0.1) is 0 Å². The van der Waals surface area contributed by atoms with Crippen molar-refractivity contribution in [3.63, 3.8) is 0 Å². The summed E-state index contributed by atoms with van der Waals surface area (Å²) in [7, 11) is 2.00. The van der Waals surface area contributed by atoms with Crippen molar-refractivity contribution >= 4 is 5.69 Å². The Morgan fingerprint density at radius 1 is 1.47 bits per heavy atom. The molecule has 19 heavy (non-hydrogen) atoms. The molecule has 3 rings (SSSR count). The fraction of sp³-hybridized carbons (Fsp3) is 0.571. The molecule has 2 aliphatic heterocycles. The van der Waals surface area contributed by atoms with Crippen molar-refractivity contribution in [2.24, 2.45) is 5.73 Å². The third-order valence-corrected chi connectivity index (χ3v) is 4.26. The molecule has 0 bridgehead atoms. The van der Waals surface area contributed by atoms with E-state index in [1.807, 2.05) is 7.05 Å². The van der Waals surface area contributed by atoms with Gasteiger partial charge in [0.05, 0.1) is 12.2 Å². The molecule has 0 aliphatic carbocycles. The maximum absolute atomic E-state index is 10.5. The van der Waals surface area contributed by atoms with E-state index in [4.69, 9.17) is 10.5 Å². The van der Waals surface area contributed by atoms with Crippen LogP contribution in [0.4, 0.5) is 5.69 Å². The van der Waals surface area contributed by atoms with E-state index in [0.717, 1.165) is 24.2 Å². The zero-order chi connectivity index (χ0) is 13.6. The van der Waals surface area contributed by atoms with Crippen LogP contribution in [-0.2, 0) is 12.8 Å². The first-order valence-electron chi connectivity index (χ1n) is 6.68. The Balaban J connectivity index is 2.14. The van der Waals surface area contributed by atoms with Crippen LogP contribution in [0.15, 0.2) is 6.07 Å². The SMILES string of the molecule is CN1CCc2c1cc(O)c1c2CC(O)(CN)CCO1. The van der Waals surface area contributed by atoms with E-state index < -0.39 is 5.60 Å². The number of aromatic hydroxyl groups is 1. The lowest BCUT2D eigenvalue weighted by Crippen LogP contribution is -2.40. The van der Waals surface area contributed by atoms with Crippen molar-refractivity contribution in [1.29, 1.82) is 0 Å². The smallest absolute Gasteiger partial charge is 0.164 e. The van der Waals surface area contributed by atoms with Gasteiger partial charge in [0.1, 0.15) is 0 Å². The Morgan fingerprint density at radius 2 is 2.26 bits per heavy atom. The van der Waals surface area contributed by atoms with E-state index >= 15 is 0 Å². The quantitative estimate of drug-likeness (QED) is 0.684. The molecule has 2 aliphatic rings. The summed E-state index contributed by atoms with van der Waals surface area (Å²) in [4.78, 5) is 2.11. The van der Waals surface area contributed by atoms with Crippen LogP contribution in [0.1, 0.15) is 17.5 Å². The van der Waals surface area contributed by atoms with Gasteiger partial charge in [0.15, 0.2) is 11.5 Å². The fourth-order valence-corrected chi connectivity index (χ4v) is 3.03. The third-order valence-electron chi connectivity index (χ3n) is 4.26. The van der Waals surface area contributed by atoms with Crippen molar-refractivity contribution in [1.82, 2.24) is 0 Å². The minimum Gasteiger partial charge on any atom is -0.504 e. The van der Waals surface area contributed by atoms with Gasteiger partial charge in [-0.05, 0) is 12.0 Å². The molecule has 0 saturated carbocycles. The Hall–Kier alpha value is -1.46. The normalized spacial score (nSPS) is 25.5. The summed E-state index contributed by atoms with van der Waals surface area (Å²) in [6.45, 7) is 1.51. The minimum absolute atomic E-state index is 0.156. The van der Waals surface area contributed by atoms with E-state index in [-0.39, 0.29) is 12.3 Å². The van der Waals surface area contributed by atoms with E-state index in [1.165, 1.54) is 5.56 Å². The summed E-state index contributed by atoms with van der Waals surface area (Å²) >= 11 is 0. The number of fused-ring (bicyclic) bond motifs is 3. The molecule has 0 amide bonds. The van der Waals surface area contributed by atoms with Crippen LogP contribution in [-0.4, -0.2) is 42.6 Å². The van der Waals surface area contributed by atoms with Crippen LogP contribution >= 0.6 is 0 Å². The van der Waals surface area contributed by atoms with Gasteiger partial charge in [0.2, 0.25) is 0 Å². The lowest BCUT2D eigenvalue weighted by atomic mass is 9.89. The molecule has 4 N–H and O–H groups in total. The second-order valence-corrected chi connectivity index (χ2v) is 5.58. The zero-order valence-corrected chi connectivity index (χ0v) is 11.1. The molecule has 1 aromatic rings. The molecular formula is C14H20N2O3. The number of ether oxygens (including phenoxy) is 1. The maximum Gasteiger partial charge on any atom is 0.164 e. The largest absolute Gasteiger partial charge is 0.504 e. The molecule has 0 spiro atoms. The summed E-state index contributed by atoms with van der Waals surface area (Å²) < 4.78 is 5.65. The number of nitrogens with two attached hydrogens (primary N) is 1. The second kappa shape index (κ2) is 4.28. The molecular weight excluding hydrogens is 244 g/mol. The number of phenolic OH excluding ortho intramolecular Hbond substituents is 1. The number of anilines is 1. The van der Waals surface area contributed by atoms with Crippen molar-refractivity contribution < 1.29 is 14.9 Å². The number of benzene rings is 1. The Morgan fingerprint density at radius 3 is 3.00 bits per heavy atom. The Labute approximate surface area is 112 Å². The van der Waals surface area contributed by atoms with Gasteiger partial charge >= 0.3 is 0 Å². The number of phenols is 1. The van der Waals surface area contributed by atoms with Gasteiger partial charge in [-0.3, -0.25) is 0 Å². The Kier molecular flexibility index (Phi) is 2.83. The van der Waals surface area contributed by atoms with Gasteiger partial charge in [-0.25, -0.2) is 0 Å². The standard InChI is InChI=1S/C14H20N2O3/c1-16-4-2-9-10-7-14(18,8-15)3-5-19-13(10)12(17)6-11(9)16/h6,17-18H,2-5,7-8,15H2,1H3. The number of aliphatic hydroxyl groups is 1. The van der Waals surface area contributed by atoms with Crippen molar-refractivity contribution in [2.75, 3.05) is 31.6 Å². The number of rotatable bonds is 1. The fourth-order valence-electron chi connectivity index (χ4n) is 3.03. The van der Waals surface area contributed by atoms with Crippen LogP contribution in [0.2, 0.25) is 0 Å². The van der Waals surface area contributed by atoms with E-state index in [2.05, 4.69) is 4.90 Å². The molecule has 1 unspecified atom stereocenters. The lowest BCUT2D eigenvalue weighted by molar-refractivity contribution is 0.0344. The number of hydrogen-bond donors (Lipinski definition) is 3. The summed E-state index contributed by atoms with van der Waals surface area (Å²) in [5.74, 6) is 0.683. The summed E-state index contributed by atoms with van der Waals surface area (Å²) in [5.41, 5.74) is 7.88. The number of likely N-dealkylation sites (N-methyl/N-ethyl adjacent to an activating group) is 1. The number of hydrogen-bond acceptors (Lipinski definition) is 5. The van der Waals surface area contributed by atoms with Gasteiger partial charge < -0.3 is 25.6 Å². The van der Waals surface area contributed by atoms with Crippen molar-refractivity contribution in [3.05, 3.63) is 17.2 Å². The highest BCUT2D eigenvalue weighted by Gasteiger charge is 2.35. The number of nitrogens with zero attached hydrogens (tertiary/aromatic N) is 1. The Bertz CT molecular complexity index is 518. The predicted octanol–water partition coefficient (Wildman–Crippen LogP) is 0.399. The maximum atomic E-state index is 10.5. The molecule has 104 valence electrons.